The van der Waals surface area contributed by atoms with Gasteiger partial charge < -0.3 is 9.84 Å². The van der Waals surface area contributed by atoms with Gasteiger partial charge >= 0.3 is 5.97 Å². The van der Waals surface area contributed by atoms with Gasteiger partial charge in [-0.05, 0) is 36.8 Å². The van der Waals surface area contributed by atoms with Gasteiger partial charge in [-0.15, -0.1) is 0 Å². The SMILES string of the molecule is Cc1cc(C(=O)O)ccc1OCc1cccc(F)c1F. The summed E-state index contributed by atoms with van der Waals surface area (Å²) in [5.41, 5.74) is 0.861. The summed E-state index contributed by atoms with van der Waals surface area (Å²) < 4.78 is 31.9. The Morgan fingerprint density at radius 3 is 2.65 bits per heavy atom. The average Bonchev–Trinajstić information content (AvgIpc) is 2.41. The molecule has 0 fully saturated rings. The molecule has 1 N–H and O–H groups in total. The van der Waals surface area contributed by atoms with Gasteiger partial charge in [-0.25, -0.2) is 13.6 Å². The van der Waals surface area contributed by atoms with Crippen LogP contribution < -0.4 is 4.74 Å². The molecule has 0 aliphatic heterocycles. The Balaban J connectivity index is 2.15. The molecule has 0 saturated carbocycles. The van der Waals surface area contributed by atoms with Crippen molar-refractivity contribution in [1.29, 1.82) is 0 Å². The first-order chi connectivity index (χ1) is 9.49. The van der Waals surface area contributed by atoms with Crippen LogP contribution >= 0.6 is 0 Å². The van der Waals surface area contributed by atoms with Crippen LogP contribution in [0.4, 0.5) is 8.78 Å². The van der Waals surface area contributed by atoms with Gasteiger partial charge in [0.05, 0.1) is 5.56 Å². The van der Waals surface area contributed by atoms with Crippen molar-refractivity contribution in [3.8, 4) is 5.75 Å². The molecule has 0 aliphatic rings. The number of benzene rings is 2. The van der Waals surface area contributed by atoms with E-state index in [9.17, 15) is 13.6 Å². The standard InChI is InChI=1S/C15H12F2O3/c1-9-7-10(15(18)19)5-6-13(9)20-8-11-3-2-4-12(16)14(11)17/h2-7H,8H2,1H3,(H,18,19). The van der Waals surface area contributed by atoms with Gasteiger partial charge in [0.1, 0.15) is 12.4 Å². The van der Waals surface area contributed by atoms with Crippen LogP contribution in [-0.2, 0) is 6.61 Å². The topological polar surface area (TPSA) is 46.5 Å². The molecule has 0 spiro atoms. The van der Waals surface area contributed by atoms with Gasteiger partial charge in [0.25, 0.3) is 0 Å². The van der Waals surface area contributed by atoms with Crippen molar-refractivity contribution in [1.82, 2.24) is 0 Å². The van der Waals surface area contributed by atoms with Crippen molar-refractivity contribution >= 4 is 5.97 Å². The summed E-state index contributed by atoms with van der Waals surface area (Å²) in [5.74, 6) is -2.47. The van der Waals surface area contributed by atoms with E-state index in [1.807, 2.05) is 0 Å². The highest BCUT2D eigenvalue weighted by Crippen LogP contribution is 2.21. The lowest BCUT2D eigenvalue weighted by molar-refractivity contribution is 0.0696. The normalized spacial score (nSPS) is 10.3. The Bertz CT molecular complexity index is 654. The van der Waals surface area contributed by atoms with Gasteiger partial charge in [0, 0.05) is 5.56 Å². The lowest BCUT2D eigenvalue weighted by Crippen LogP contribution is -2.02. The molecule has 0 atom stereocenters. The molecule has 104 valence electrons. The van der Waals surface area contributed by atoms with E-state index in [0.717, 1.165) is 6.07 Å². The molecule has 0 bridgehead atoms. The van der Waals surface area contributed by atoms with E-state index < -0.39 is 17.6 Å². The number of aryl methyl sites for hydroxylation is 1. The molecule has 2 aromatic rings. The van der Waals surface area contributed by atoms with E-state index in [-0.39, 0.29) is 17.7 Å². The number of rotatable bonds is 4. The molecule has 3 nitrogen and oxygen atoms in total. The van der Waals surface area contributed by atoms with Crippen LogP contribution in [-0.4, -0.2) is 11.1 Å². The van der Waals surface area contributed by atoms with Gasteiger partial charge in [0.2, 0.25) is 0 Å². The second-order valence-corrected chi connectivity index (χ2v) is 4.29. The quantitative estimate of drug-likeness (QED) is 0.930. The van der Waals surface area contributed by atoms with Crippen LogP contribution in [0.25, 0.3) is 0 Å². The zero-order valence-electron chi connectivity index (χ0n) is 10.7. The minimum atomic E-state index is -1.03. The Morgan fingerprint density at radius 2 is 2.00 bits per heavy atom. The number of hydrogen-bond donors (Lipinski definition) is 1. The Labute approximate surface area is 114 Å². The summed E-state index contributed by atoms with van der Waals surface area (Å²) in [7, 11) is 0. The molecule has 20 heavy (non-hydrogen) atoms. The Morgan fingerprint density at radius 1 is 1.25 bits per heavy atom. The maximum atomic E-state index is 13.4. The van der Waals surface area contributed by atoms with Crippen LogP contribution in [0.1, 0.15) is 21.5 Å². The predicted molar refractivity (Wildman–Crippen MR) is 68.8 cm³/mol. The van der Waals surface area contributed by atoms with Crippen LogP contribution in [0.3, 0.4) is 0 Å². The van der Waals surface area contributed by atoms with Crippen LogP contribution in [0, 0.1) is 18.6 Å². The first kappa shape index (κ1) is 14.0. The number of carboxylic acid groups (broad SMARTS) is 1. The smallest absolute Gasteiger partial charge is 0.335 e. The summed E-state index contributed by atoms with van der Waals surface area (Å²) in [4.78, 5) is 10.8. The molecule has 0 saturated heterocycles. The van der Waals surface area contributed by atoms with E-state index in [1.54, 1.807) is 6.92 Å². The molecule has 0 radical (unpaired) electrons. The molecular weight excluding hydrogens is 266 g/mol. The minimum Gasteiger partial charge on any atom is -0.489 e. The van der Waals surface area contributed by atoms with Crippen molar-refractivity contribution in [3.63, 3.8) is 0 Å². The average molecular weight is 278 g/mol. The highest BCUT2D eigenvalue weighted by Gasteiger charge is 2.10. The lowest BCUT2D eigenvalue weighted by Gasteiger charge is -2.10. The molecule has 2 rings (SSSR count). The third kappa shape index (κ3) is 2.93. The molecule has 2 aromatic carbocycles. The molecule has 0 aromatic heterocycles. The van der Waals surface area contributed by atoms with Crippen molar-refractivity contribution in [2.45, 2.75) is 13.5 Å². The predicted octanol–water partition coefficient (Wildman–Crippen LogP) is 3.55. The number of aromatic carboxylic acids is 1. The highest BCUT2D eigenvalue weighted by atomic mass is 19.2. The molecule has 0 heterocycles. The monoisotopic (exact) mass is 278 g/mol. The van der Waals surface area contributed by atoms with Crippen molar-refractivity contribution < 1.29 is 23.4 Å². The molecule has 5 heteroatoms. The maximum Gasteiger partial charge on any atom is 0.335 e. The molecule has 0 unspecified atom stereocenters. The number of carboxylic acids is 1. The van der Waals surface area contributed by atoms with Gasteiger partial charge in [-0.2, -0.15) is 0 Å². The summed E-state index contributed by atoms with van der Waals surface area (Å²) in [6.45, 7) is 1.56. The van der Waals surface area contributed by atoms with Gasteiger partial charge in [0.15, 0.2) is 11.6 Å². The number of halogens is 2. The first-order valence-corrected chi connectivity index (χ1v) is 5.88. The second-order valence-electron chi connectivity index (χ2n) is 4.29. The lowest BCUT2D eigenvalue weighted by atomic mass is 10.1. The zero-order valence-corrected chi connectivity index (χ0v) is 10.7. The first-order valence-electron chi connectivity index (χ1n) is 5.88. The zero-order chi connectivity index (χ0) is 14.7. The summed E-state index contributed by atoms with van der Waals surface area (Å²) in [5, 5.41) is 8.84. The Hall–Kier alpha value is -2.43. The fourth-order valence-electron chi connectivity index (χ4n) is 1.76. The van der Waals surface area contributed by atoms with Crippen LogP contribution in [0.15, 0.2) is 36.4 Å². The van der Waals surface area contributed by atoms with E-state index in [4.69, 9.17) is 9.84 Å². The van der Waals surface area contributed by atoms with E-state index in [2.05, 4.69) is 0 Å². The van der Waals surface area contributed by atoms with Crippen molar-refractivity contribution in [2.24, 2.45) is 0 Å². The third-order valence-corrected chi connectivity index (χ3v) is 2.84. The maximum absolute atomic E-state index is 13.4. The third-order valence-electron chi connectivity index (χ3n) is 2.84. The molecular formula is C15H12F2O3. The van der Waals surface area contributed by atoms with E-state index in [1.165, 1.54) is 30.3 Å². The highest BCUT2D eigenvalue weighted by molar-refractivity contribution is 5.88. The van der Waals surface area contributed by atoms with Crippen LogP contribution in [0.2, 0.25) is 0 Å². The van der Waals surface area contributed by atoms with Gasteiger partial charge in [-0.3, -0.25) is 0 Å². The van der Waals surface area contributed by atoms with E-state index in [0.29, 0.717) is 11.3 Å². The molecule has 0 aliphatic carbocycles. The Kier molecular flexibility index (Phi) is 3.98. The largest absolute Gasteiger partial charge is 0.489 e. The number of ether oxygens (including phenoxy) is 1. The second kappa shape index (κ2) is 5.69. The van der Waals surface area contributed by atoms with Crippen molar-refractivity contribution in [3.05, 3.63) is 64.7 Å². The summed E-state index contributed by atoms with van der Waals surface area (Å²) in [6.07, 6.45) is 0. The number of hydrogen-bond acceptors (Lipinski definition) is 2. The van der Waals surface area contributed by atoms with Crippen LogP contribution in [0.5, 0.6) is 5.75 Å². The number of carbonyl (C=O) groups is 1. The molecule has 0 amide bonds. The summed E-state index contributed by atoms with van der Waals surface area (Å²) >= 11 is 0. The fraction of sp³-hybridized carbons (Fsp3) is 0.133. The van der Waals surface area contributed by atoms with Gasteiger partial charge in [-0.1, -0.05) is 12.1 Å². The minimum absolute atomic E-state index is 0.103. The fourth-order valence-corrected chi connectivity index (χ4v) is 1.76. The summed E-state index contributed by atoms with van der Waals surface area (Å²) in [6, 6.07) is 8.21. The van der Waals surface area contributed by atoms with E-state index >= 15 is 0 Å². The van der Waals surface area contributed by atoms with Crippen molar-refractivity contribution in [2.75, 3.05) is 0 Å².